The zero-order chi connectivity index (χ0) is 13.8. The van der Waals surface area contributed by atoms with Gasteiger partial charge in [-0.05, 0) is 34.4 Å². The molecule has 18 heavy (non-hydrogen) atoms. The molecule has 0 saturated carbocycles. The van der Waals surface area contributed by atoms with E-state index in [-0.39, 0.29) is 5.60 Å². The number of likely N-dealkylation sites (N-methyl/N-ethyl adjacent to an activating group) is 2. The number of ether oxygens (including phenoxy) is 1. The second-order valence-electron chi connectivity index (χ2n) is 6.02. The summed E-state index contributed by atoms with van der Waals surface area (Å²) in [7, 11) is 4.01. The van der Waals surface area contributed by atoms with Crippen LogP contribution in [0.15, 0.2) is 0 Å². The van der Waals surface area contributed by atoms with E-state index in [1.165, 1.54) is 0 Å². The molecule has 1 aliphatic rings. The molecule has 1 fully saturated rings. The van der Waals surface area contributed by atoms with Crippen molar-refractivity contribution in [3.05, 3.63) is 0 Å². The van der Waals surface area contributed by atoms with Crippen molar-refractivity contribution in [3.8, 4) is 0 Å². The summed E-state index contributed by atoms with van der Waals surface area (Å²) < 4.78 is 5.65. The monoisotopic (exact) mass is 257 g/mol. The van der Waals surface area contributed by atoms with Gasteiger partial charge in [-0.25, -0.2) is 0 Å². The molecule has 1 rings (SSSR count). The summed E-state index contributed by atoms with van der Waals surface area (Å²) in [4.78, 5) is 4.99. The van der Waals surface area contributed by atoms with Gasteiger partial charge in [0.15, 0.2) is 0 Å². The standard InChI is InChI=1S/C14H31N3O/c1-7-15-13(14(3,4)18-6)11-17-9-8-16(5)10-12(17)2/h12-13,15H,7-11H2,1-6H3. The van der Waals surface area contributed by atoms with Crippen LogP contribution in [0.3, 0.4) is 0 Å². The Bertz CT molecular complexity index is 245. The summed E-state index contributed by atoms with van der Waals surface area (Å²) in [6, 6.07) is 0.996. The first-order valence-corrected chi connectivity index (χ1v) is 7.11. The minimum Gasteiger partial charge on any atom is -0.377 e. The van der Waals surface area contributed by atoms with Crippen molar-refractivity contribution in [2.45, 2.75) is 45.4 Å². The summed E-state index contributed by atoms with van der Waals surface area (Å²) in [5.74, 6) is 0. The topological polar surface area (TPSA) is 27.7 Å². The van der Waals surface area contributed by atoms with Crippen LogP contribution in [0.25, 0.3) is 0 Å². The third-order valence-electron chi connectivity index (χ3n) is 4.20. The second kappa shape index (κ2) is 6.85. The van der Waals surface area contributed by atoms with Gasteiger partial charge in [0, 0.05) is 45.4 Å². The van der Waals surface area contributed by atoms with Gasteiger partial charge in [0.05, 0.1) is 5.60 Å². The highest BCUT2D eigenvalue weighted by Crippen LogP contribution is 2.17. The summed E-state index contributed by atoms with van der Waals surface area (Å²) in [6.07, 6.45) is 0. The van der Waals surface area contributed by atoms with Gasteiger partial charge in [-0.3, -0.25) is 4.90 Å². The molecule has 2 atom stereocenters. The molecule has 0 aromatic rings. The van der Waals surface area contributed by atoms with Gasteiger partial charge in [-0.1, -0.05) is 6.92 Å². The first-order chi connectivity index (χ1) is 8.40. The van der Waals surface area contributed by atoms with E-state index in [1.54, 1.807) is 7.11 Å². The van der Waals surface area contributed by atoms with Crippen LogP contribution in [0, 0.1) is 0 Å². The van der Waals surface area contributed by atoms with Crippen molar-refractivity contribution in [2.75, 3.05) is 46.9 Å². The first kappa shape index (κ1) is 15.9. The Morgan fingerprint density at radius 1 is 1.39 bits per heavy atom. The quantitative estimate of drug-likeness (QED) is 0.769. The molecular weight excluding hydrogens is 226 g/mol. The average molecular weight is 257 g/mol. The van der Waals surface area contributed by atoms with Crippen LogP contribution < -0.4 is 5.32 Å². The molecule has 108 valence electrons. The van der Waals surface area contributed by atoms with Crippen molar-refractivity contribution in [1.82, 2.24) is 15.1 Å². The molecular formula is C14H31N3O. The van der Waals surface area contributed by atoms with Gasteiger partial charge in [-0.15, -0.1) is 0 Å². The van der Waals surface area contributed by atoms with Gasteiger partial charge >= 0.3 is 0 Å². The molecule has 0 amide bonds. The van der Waals surface area contributed by atoms with Gasteiger partial charge in [0.2, 0.25) is 0 Å². The van der Waals surface area contributed by atoms with E-state index >= 15 is 0 Å². The lowest BCUT2D eigenvalue weighted by Crippen LogP contribution is -2.59. The van der Waals surface area contributed by atoms with Crippen molar-refractivity contribution < 1.29 is 4.74 Å². The number of methoxy groups -OCH3 is 1. The Balaban J connectivity index is 2.60. The summed E-state index contributed by atoms with van der Waals surface area (Å²) >= 11 is 0. The van der Waals surface area contributed by atoms with Gasteiger partial charge in [-0.2, -0.15) is 0 Å². The molecule has 1 N–H and O–H groups in total. The van der Waals surface area contributed by atoms with Crippen molar-refractivity contribution in [3.63, 3.8) is 0 Å². The molecule has 0 aromatic carbocycles. The van der Waals surface area contributed by atoms with E-state index in [0.29, 0.717) is 12.1 Å². The predicted molar refractivity (Wildman–Crippen MR) is 77.1 cm³/mol. The van der Waals surface area contributed by atoms with Crippen LogP contribution in [-0.2, 0) is 4.74 Å². The van der Waals surface area contributed by atoms with Crippen LogP contribution in [0.2, 0.25) is 0 Å². The Hall–Kier alpha value is -0.160. The number of piperazine rings is 1. The molecule has 1 aliphatic heterocycles. The van der Waals surface area contributed by atoms with E-state index in [1.807, 2.05) is 0 Å². The molecule has 4 nitrogen and oxygen atoms in total. The Morgan fingerprint density at radius 3 is 2.56 bits per heavy atom. The van der Waals surface area contributed by atoms with E-state index in [9.17, 15) is 0 Å². The summed E-state index contributed by atoms with van der Waals surface area (Å²) in [5, 5.41) is 3.57. The fraction of sp³-hybridized carbons (Fsp3) is 1.00. The maximum atomic E-state index is 5.65. The van der Waals surface area contributed by atoms with Gasteiger partial charge in [0.1, 0.15) is 0 Å². The molecule has 4 heteroatoms. The lowest BCUT2D eigenvalue weighted by molar-refractivity contribution is -0.0284. The third kappa shape index (κ3) is 4.19. The largest absolute Gasteiger partial charge is 0.377 e. The van der Waals surface area contributed by atoms with E-state index in [4.69, 9.17) is 4.74 Å². The molecule has 0 radical (unpaired) electrons. The Kier molecular flexibility index (Phi) is 6.05. The minimum atomic E-state index is -0.126. The van der Waals surface area contributed by atoms with Crippen molar-refractivity contribution >= 4 is 0 Å². The van der Waals surface area contributed by atoms with Crippen molar-refractivity contribution in [2.24, 2.45) is 0 Å². The fourth-order valence-corrected chi connectivity index (χ4v) is 2.60. The van der Waals surface area contributed by atoms with E-state index in [2.05, 4.69) is 49.9 Å². The van der Waals surface area contributed by atoms with Gasteiger partial charge < -0.3 is 15.0 Å². The SMILES string of the molecule is CCNC(CN1CCN(C)CC1C)C(C)(C)OC. The van der Waals surface area contributed by atoms with Crippen LogP contribution in [0.1, 0.15) is 27.7 Å². The molecule has 0 spiro atoms. The van der Waals surface area contributed by atoms with Gasteiger partial charge in [0.25, 0.3) is 0 Å². The number of nitrogens with zero attached hydrogens (tertiary/aromatic N) is 2. The summed E-state index contributed by atoms with van der Waals surface area (Å²) in [6.45, 7) is 14.3. The van der Waals surface area contributed by atoms with E-state index in [0.717, 1.165) is 32.7 Å². The smallest absolute Gasteiger partial charge is 0.0787 e. The molecule has 0 bridgehead atoms. The molecule has 0 aliphatic carbocycles. The third-order valence-corrected chi connectivity index (χ3v) is 4.20. The molecule has 0 aromatic heterocycles. The normalized spacial score (nSPS) is 25.3. The van der Waals surface area contributed by atoms with Crippen molar-refractivity contribution in [1.29, 1.82) is 0 Å². The number of rotatable bonds is 6. The molecule has 1 saturated heterocycles. The highest BCUT2D eigenvalue weighted by atomic mass is 16.5. The minimum absolute atomic E-state index is 0.126. The van der Waals surface area contributed by atoms with Crippen LogP contribution in [-0.4, -0.2) is 74.4 Å². The fourth-order valence-electron chi connectivity index (χ4n) is 2.60. The predicted octanol–water partition coefficient (Wildman–Crippen LogP) is 1.03. The second-order valence-corrected chi connectivity index (χ2v) is 6.02. The lowest BCUT2D eigenvalue weighted by atomic mass is 9.97. The highest BCUT2D eigenvalue weighted by molar-refractivity contribution is 4.90. The van der Waals surface area contributed by atoms with Crippen LogP contribution in [0.5, 0.6) is 0 Å². The van der Waals surface area contributed by atoms with Crippen LogP contribution >= 0.6 is 0 Å². The average Bonchev–Trinajstić information content (AvgIpc) is 2.31. The maximum absolute atomic E-state index is 5.65. The molecule has 1 heterocycles. The Morgan fingerprint density at radius 2 is 2.06 bits per heavy atom. The Labute approximate surface area is 113 Å². The maximum Gasteiger partial charge on any atom is 0.0787 e. The highest BCUT2D eigenvalue weighted by Gasteiger charge is 2.32. The number of hydrogen-bond donors (Lipinski definition) is 1. The lowest BCUT2D eigenvalue weighted by Gasteiger charge is -2.43. The molecule has 2 unspecified atom stereocenters. The number of nitrogens with one attached hydrogen (secondary N) is 1. The zero-order valence-corrected chi connectivity index (χ0v) is 13.0. The van der Waals surface area contributed by atoms with E-state index < -0.39 is 0 Å². The van der Waals surface area contributed by atoms with Crippen LogP contribution in [0.4, 0.5) is 0 Å². The first-order valence-electron chi connectivity index (χ1n) is 7.11. The number of hydrogen-bond acceptors (Lipinski definition) is 4. The zero-order valence-electron chi connectivity index (χ0n) is 13.0. The summed E-state index contributed by atoms with van der Waals surface area (Å²) in [5.41, 5.74) is -0.126.